The Hall–Kier alpha value is -0.740. The van der Waals surface area contributed by atoms with E-state index in [-0.39, 0.29) is 10.5 Å². The molecule has 2 atom stereocenters. The van der Waals surface area contributed by atoms with E-state index < -0.39 is 16.4 Å². The van der Waals surface area contributed by atoms with E-state index in [1.165, 1.54) is 0 Å². The van der Waals surface area contributed by atoms with Crippen LogP contribution >= 0.6 is 0 Å². The summed E-state index contributed by atoms with van der Waals surface area (Å²) in [6.45, 7) is 3.92. The monoisotopic (exact) mass is 279 g/mol. The van der Waals surface area contributed by atoms with E-state index in [4.69, 9.17) is 0 Å². The number of pyridine rings is 1. The van der Waals surface area contributed by atoms with Gasteiger partial charge < -0.3 is 5.11 Å². The third kappa shape index (κ3) is 2.25. The second-order valence-corrected chi connectivity index (χ2v) is 8.02. The van der Waals surface area contributed by atoms with Crippen LogP contribution in [0.15, 0.2) is 12.1 Å². The molecule has 19 heavy (non-hydrogen) atoms. The minimum atomic E-state index is -0.825. The summed E-state index contributed by atoms with van der Waals surface area (Å²) in [5.41, 5.74) is 2.00. The smallest absolute Gasteiger partial charge is 0.0936 e. The minimum Gasteiger partial charge on any atom is -0.385 e. The maximum atomic E-state index is 12.3. The highest BCUT2D eigenvalue weighted by molar-refractivity contribution is 7.86. The van der Waals surface area contributed by atoms with Gasteiger partial charge in [0.2, 0.25) is 0 Å². The van der Waals surface area contributed by atoms with Crippen molar-refractivity contribution in [1.82, 2.24) is 4.98 Å². The van der Waals surface area contributed by atoms with E-state index in [1.807, 2.05) is 26.0 Å². The van der Waals surface area contributed by atoms with Gasteiger partial charge in [0, 0.05) is 38.3 Å². The van der Waals surface area contributed by atoms with Crippen LogP contribution in [0.5, 0.6) is 0 Å². The van der Waals surface area contributed by atoms with Gasteiger partial charge in [0.25, 0.3) is 0 Å². The van der Waals surface area contributed by atoms with Gasteiger partial charge in [-0.1, -0.05) is 12.5 Å². The Morgan fingerprint density at radius 3 is 2.47 bits per heavy atom. The van der Waals surface area contributed by atoms with Crippen molar-refractivity contribution < 1.29 is 9.32 Å². The van der Waals surface area contributed by atoms with Gasteiger partial charge >= 0.3 is 0 Å². The third-order valence-electron chi connectivity index (χ3n) is 4.57. The molecule has 2 saturated heterocycles. The predicted octanol–water partition coefficient (Wildman–Crippen LogP) is 2.35. The number of hydrogen-bond donors (Lipinski definition) is 1. The van der Waals surface area contributed by atoms with Crippen LogP contribution in [0.3, 0.4) is 0 Å². The molecule has 4 heteroatoms. The summed E-state index contributed by atoms with van der Waals surface area (Å²) in [5.74, 6) is 0. The fraction of sp³-hybridized carbons (Fsp3) is 0.667. The normalized spacial score (nSPS) is 38.2. The zero-order valence-electron chi connectivity index (χ0n) is 11.6. The van der Waals surface area contributed by atoms with Crippen molar-refractivity contribution in [2.45, 2.75) is 62.1 Å². The predicted molar refractivity (Wildman–Crippen MR) is 76.4 cm³/mol. The van der Waals surface area contributed by atoms with Crippen LogP contribution in [0.2, 0.25) is 0 Å². The summed E-state index contributed by atoms with van der Waals surface area (Å²) in [4.78, 5) is 4.47. The summed E-state index contributed by atoms with van der Waals surface area (Å²) >= 11 is 0. The summed E-state index contributed by atoms with van der Waals surface area (Å²) in [7, 11) is -0.748. The Bertz CT molecular complexity index is 513. The number of hydrogen-bond acceptors (Lipinski definition) is 3. The second-order valence-electron chi connectivity index (χ2n) is 6.03. The number of aliphatic hydroxyl groups is 1. The molecule has 3 nitrogen and oxygen atoms in total. The molecule has 2 fully saturated rings. The van der Waals surface area contributed by atoms with E-state index in [9.17, 15) is 9.32 Å². The van der Waals surface area contributed by atoms with Crippen LogP contribution in [0.4, 0.5) is 0 Å². The molecule has 1 aromatic rings. The molecule has 0 saturated carbocycles. The summed E-state index contributed by atoms with van der Waals surface area (Å²) in [6.07, 6.45) is 4.39. The lowest BCUT2D eigenvalue weighted by Gasteiger charge is -2.44. The molecule has 104 valence electrons. The van der Waals surface area contributed by atoms with Gasteiger partial charge in [0.05, 0.1) is 5.60 Å². The fourth-order valence-corrected chi connectivity index (χ4v) is 5.90. The van der Waals surface area contributed by atoms with E-state index >= 15 is 0 Å². The zero-order valence-corrected chi connectivity index (χ0v) is 12.4. The SMILES string of the molecule is Cc1ccc(C2(O)CC3CCCC(C2)S3=O)c(C)n1. The number of aromatic nitrogens is 1. The Balaban J connectivity index is 1.97. The lowest BCUT2D eigenvalue weighted by Crippen LogP contribution is -2.47. The maximum Gasteiger partial charge on any atom is 0.0936 e. The Labute approximate surface area is 116 Å². The van der Waals surface area contributed by atoms with Crippen LogP contribution < -0.4 is 0 Å². The van der Waals surface area contributed by atoms with Crippen LogP contribution in [-0.4, -0.2) is 24.8 Å². The molecule has 2 unspecified atom stereocenters. The molecule has 3 rings (SSSR count). The molecule has 0 spiro atoms. The Morgan fingerprint density at radius 1 is 1.26 bits per heavy atom. The lowest BCUT2D eigenvalue weighted by atomic mass is 9.80. The van der Waals surface area contributed by atoms with E-state index in [0.29, 0.717) is 12.8 Å². The molecule has 0 radical (unpaired) electrons. The summed E-state index contributed by atoms with van der Waals surface area (Å²) < 4.78 is 12.3. The lowest BCUT2D eigenvalue weighted by molar-refractivity contribution is 0.00561. The molecule has 0 aliphatic carbocycles. The number of aryl methyl sites for hydroxylation is 2. The zero-order chi connectivity index (χ0) is 13.6. The van der Waals surface area contributed by atoms with Gasteiger partial charge in [-0.3, -0.25) is 9.19 Å². The van der Waals surface area contributed by atoms with Gasteiger partial charge in [-0.2, -0.15) is 0 Å². The Kier molecular flexibility index (Phi) is 3.26. The molecular weight excluding hydrogens is 258 g/mol. The first-order valence-corrected chi connectivity index (χ1v) is 8.34. The van der Waals surface area contributed by atoms with Crippen molar-refractivity contribution in [3.05, 3.63) is 29.1 Å². The second kappa shape index (κ2) is 4.67. The summed E-state index contributed by atoms with van der Waals surface area (Å²) in [6, 6.07) is 3.96. The molecular formula is C15H21NO2S. The van der Waals surface area contributed by atoms with E-state index in [2.05, 4.69) is 4.98 Å². The number of rotatable bonds is 1. The van der Waals surface area contributed by atoms with Crippen LogP contribution in [0, 0.1) is 13.8 Å². The van der Waals surface area contributed by atoms with Gasteiger partial charge in [0.15, 0.2) is 0 Å². The molecule has 2 bridgehead atoms. The van der Waals surface area contributed by atoms with Crippen molar-refractivity contribution >= 4 is 10.8 Å². The van der Waals surface area contributed by atoms with Crippen LogP contribution in [0.25, 0.3) is 0 Å². The average Bonchev–Trinajstić information content (AvgIpc) is 2.31. The van der Waals surface area contributed by atoms with Crippen molar-refractivity contribution in [1.29, 1.82) is 0 Å². The van der Waals surface area contributed by atoms with Crippen molar-refractivity contribution in [2.24, 2.45) is 0 Å². The third-order valence-corrected chi connectivity index (χ3v) is 6.69. The molecule has 2 aliphatic heterocycles. The highest BCUT2D eigenvalue weighted by Gasteiger charge is 2.46. The minimum absolute atomic E-state index is 0.165. The van der Waals surface area contributed by atoms with Gasteiger partial charge in [0.1, 0.15) is 0 Å². The largest absolute Gasteiger partial charge is 0.385 e. The summed E-state index contributed by atoms with van der Waals surface area (Å²) in [5, 5.41) is 11.4. The van der Waals surface area contributed by atoms with Crippen LogP contribution in [-0.2, 0) is 16.4 Å². The molecule has 1 N–H and O–H groups in total. The highest BCUT2D eigenvalue weighted by Crippen LogP contribution is 2.44. The standard InChI is InChI=1S/C15H21NO2S/c1-10-6-7-14(11(2)16-10)15(17)8-12-4-3-5-13(9-15)19(12)18/h6-7,12-13,17H,3-5,8-9H2,1-2H3. The van der Waals surface area contributed by atoms with Crippen molar-refractivity contribution in [3.63, 3.8) is 0 Å². The van der Waals surface area contributed by atoms with Crippen LogP contribution in [0.1, 0.15) is 49.1 Å². The van der Waals surface area contributed by atoms with Crippen molar-refractivity contribution in [3.8, 4) is 0 Å². The molecule has 1 aromatic heterocycles. The molecule has 2 aliphatic rings. The van der Waals surface area contributed by atoms with E-state index in [1.54, 1.807) is 0 Å². The van der Waals surface area contributed by atoms with E-state index in [0.717, 1.165) is 36.2 Å². The molecule has 0 aromatic carbocycles. The fourth-order valence-electron chi connectivity index (χ4n) is 3.68. The van der Waals surface area contributed by atoms with Crippen molar-refractivity contribution in [2.75, 3.05) is 0 Å². The first-order valence-electron chi connectivity index (χ1n) is 7.06. The van der Waals surface area contributed by atoms with Gasteiger partial charge in [-0.25, -0.2) is 0 Å². The number of nitrogens with zero attached hydrogens (tertiary/aromatic N) is 1. The quantitative estimate of drug-likeness (QED) is 0.858. The van der Waals surface area contributed by atoms with Gasteiger partial charge in [-0.05, 0) is 45.6 Å². The molecule has 0 amide bonds. The maximum absolute atomic E-state index is 12.3. The molecule has 3 heterocycles. The Morgan fingerprint density at radius 2 is 1.89 bits per heavy atom. The average molecular weight is 279 g/mol. The topological polar surface area (TPSA) is 50.2 Å². The van der Waals surface area contributed by atoms with Gasteiger partial charge in [-0.15, -0.1) is 0 Å². The first-order chi connectivity index (χ1) is 8.99. The highest BCUT2D eigenvalue weighted by atomic mass is 32.2. The number of fused-ring (bicyclic) bond motifs is 2. The first kappa shape index (κ1) is 13.3.